The highest BCUT2D eigenvalue weighted by Crippen LogP contribution is 2.54. The Hall–Kier alpha value is -1.41. The molecule has 0 N–H and O–H groups in total. The number of hydrogen-bond acceptors (Lipinski definition) is 2. The lowest BCUT2D eigenvalue weighted by molar-refractivity contribution is -0.529. The summed E-state index contributed by atoms with van der Waals surface area (Å²) in [5.74, 6) is -14.5. The molecule has 0 spiro atoms. The van der Waals surface area contributed by atoms with Crippen molar-refractivity contribution in [1.29, 1.82) is 0 Å². The Kier molecular flexibility index (Phi) is 5.25. The largest absolute Gasteiger partial charge is 0.468 e. The Bertz CT molecular complexity index is 436. The van der Waals surface area contributed by atoms with Gasteiger partial charge in [-0.25, -0.2) is 0 Å². The molecule has 15 heteroatoms. The Morgan fingerprint density at radius 1 is 0.609 bits per heavy atom. The minimum Gasteiger partial charge on any atom is -0.437 e. The fraction of sp³-hybridized carbons (Fsp3) is 0.750. The van der Waals surface area contributed by atoms with Crippen LogP contribution in [0.3, 0.4) is 0 Å². The maximum absolute atomic E-state index is 13.2. The molecule has 0 rings (SSSR count). The topological polar surface area (TPSA) is 18.5 Å². The molecule has 0 aliphatic rings. The van der Waals surface area contributed by atoms with Gasteiger partial charge in [0.2, 0.25) is 0 Å². The normalized spacial score (nSPS) is 17.6. The lowest BCUT2D eigenvalue weighted by Gasteiger charge is -2.37. The molecule has 0 aliphatic heterocycles. The molecule has 138 valence electrons. The number of halogens is 13. The first kappa shape index (κ1) is 21.6. The standard InChI is InChI=1S/C8H3F13O2/c1-2-22-8(20,21)4(11,6(15,16)17)23-7(18,19)3(9,10)5(12,13)14/h2H,1H2. The van der Waals surface area contributed by atoms with Gasteiger partial charge in [-0.15, -0.1) is 0 Å². The molecule has 1 atom stereocenters. The molecule has 0 radical (unpaired) electrons. The molecular weight excluding hydrogens is 375 g/mol. The summed E-state index contributed by atoms with van der Waals surface area (Å²) >= 11 is 0. The fourth-order valence-corrected chi connectivity index (χ4v) is 0.868. The number of ether oxygens (including phenoxy) is 2. The smallest absolute Gasteiger partial charge is 0.437 e. The second kappa shape index (κ2) is 5.59. The van der Waals surface area contributed by atoms with Gasteiger partial charge >= 0.3 is 36.3 Å². The molecular formula is C8H3F13O2. The molecule has 2 nitrogen and oxygen atoms in total. The summed E-state index contributed by atoms with van der Waals surface area (Å²) in [7, 11) is 0. The number of rotatable bonds is 6. The molecule has 1 unspecified atom stereocenters. The van der Waals surface area contributed by atoms with E-state index in [0.29, 0.717) is 0 Å². The first-order chi connectivity index (χ1) is 9.77. The van der Waals surface area contributed by atoms with Crippen molar-refractivity contribution in [3.05, 3.63) is 12.8 Å². The lowest BCUT2D eigenvalue weighted by Crippen LogP contribution is -2.65. The van der Waals surface area contributed by atoms with Crippen molar-refractivity contribution < 1.29 is 66.5 Å². The zero-order valence-electron chi connectivity index (χ0n) is 10.0. The number of hydrogen-bond donors (Lipinski definition) is 0. The van der Waals surface area contributed by atoms with Crippen LogP contribution < -0.4 is 0 Å². The maximum Gasteiger partial charge on any atom is 0.468 e. The first-order valence-corrected chi connectivity index (χ1v) is 4.71. The molecule has 0 fully saturated rings. The summed E-state index contributed by atoms with van der Waals surface area (Å²) in [5, 5.41) is 0. The molecule has 0 saturated carbocycles. The minimum atomic E-state index is -7.44. The SMILES string of the molecule is C=COC(F)(F)C(F)(OC(F)(F)C(F)(F)C(F)(F)F)C(F)(F)F. The van der Waals surface area contributed by atoms with E-state index in [1.165, 1.54) is 0 Å². The highest BCUT2D eigenvalue weighted by molar-refractivity contribution is 4.93. The molecule has 0 aliphatic carbocycles. The zero-order valence-corrected chi connectivity index (χ0v) is 10.0. The predicted octanol–water partition coefficient (Wildman–Crippen LogP) is 4.77. The molecule has 0 heterocycles. The van der Waals surface area contributed by atoms with Crippen LogP contribution in [-0.2, 0) is 9.47 Å². The number of alkyl halides is 13. The van der Waals surface area contributed by atoms with E-state index in [4.69, 9.17) is 0 Å². The Labute approximate surface area is 117 Å². The average Bonchev–Trinajstić information content (AvgIpc) is 2.24. The third-order valence-electron chi connectivity index (χ3n) is 1.96. The van der Waals surface area contributed by atoms with Gasteiger partial charge in [0, 0.05) is 0 Å². The van der Waals surface area contributed by atoms with E-state index in [-0.39, 0.29) is 0 Å². The van der Waals surface area contributed by atoms with Crippen molar-refractivity contribution >= 4 is 0 Å². The summed E-state index contributed by atoms with van der Waals surface area (Å²) in [6.45, 7) is 2.22. The molecule has 0 saturated heterocycles. The fourth-order valence-electron chi connectivity index (χ4n) is 0.868. The van der Waals surface area contributed by atoms with Crippen molar-refractivity contribution in [1.82, 2.24) is 0 Å². The third kappa shape index (κ3) is 3.58. The van der Waals surface area contributed by atoms with Gasteiger partial charge < -0.3 is 4.74 Å². The molecule has 0 aromatic carbocycles. The Morgan fingerprint density at radius 2 is 1.00 bits per heavy atom. The summed E-state index contributed by atoms with van der Waals surface area (Å²) in [6, 6.07) is 0. The van der Waals surface area contributed by atoms with Crippen LogP contribution >= 0.6 is 0 Å². The van der Waals surface area contributed by atoms with Crippen LogP contribution in [0.5, 0.6) is 0 Å². The monoisotopic (exact) mass is 378 g/mol. The van der Waals surface area contributed by atoms with Crippen LogP contribution in [0.4, 0.5) is 57.1 Å². The van der Waals surface area contributed by atoms with Gasteiger partial charge in [0.25, 0.3) is 0 Å². The average molecular weight is 378 g/mol. The van der Waals surface area contributed by atoms with Crippen molar-refractivity contribution in [3.8, 4) is 0 Å². The Balaban J connectivity index is 6.08. The summed E-state index contributed by atoms with van der Waals surface area (Å²) in [6.07, 6.45) is -28.9. The van der Waals surface area contributed by atoms with Gasteiger partial charge in [-0.1, -0.05) is 6.58 Å². The lowest BCUT2D eigenvalue weighted by atomic mass is 10.2. The third-order valence-corrected chi connectivity index (χ3v) is 1.96. The molecule has 0 aromatic rings. The van der Waals surface area contributed by atoms with Gasteiger partial charge in [0.05, 0.1) is 6.26 Å². The molecule has 0 amide bonds. The van der Waals surface area contributed by atoms with Crippen LogP contribution in [0.2, 0.25) is 0 Å². The molecule has 0 aromatic heterocycles. The van der Waals surface area contributed by atoms with Crippen LogP contribution in [0.25, 0.3) is 0 Å². The first-order valence-electron chi connectivity index (χ1n) is 4.71. The van der Waals surface area contributed by atoms with Gasteiger partial charge in [-0.2, -0.15) is 57.1 Å². The van der Waals surface area contributed by atoms with Crippen molar-refractivity contribution in [2.24, 2.45) is 0 Å². The van der Waals surface area contributed by atoms with E-state index < -0.39 is 42.6 Å². The van der Waals surface area contributed by atoms with E-state index in [2.05, 4.69) is 11.3 Å². The van der Waals surface area contributed by atoms with Crippen molar-refractivity contribution in [3.63, 3.8) is 0 Å². The summed E-state index contributed by atoms with van der Waals surface area (Å²) < 4.78 is 165. The zero-order chi connectivity index (χ0) is 19.1. The second-order valence-corrected chi connectivity index (χ2v) is 3.59. The van der Waals surface area contributed by atoms with E-state index in [0.717, 1.165) is 0 Å². The van der Waals surface area contributed by atoms with E-state index >= 15 is 0 Å². The Morgan fingerprint density at radius 3 is 1.26 bits per heavy atom. The highest BCUT2D eigenvalue weighted by Gasteiger charge is 2.84. The van der Waals surface area contributed by atoms with Crippen LogP contribution in [0, 0.1) is 0 Å². The van der Waals surface area contributed by atoms with E-state index in [1.807, 2.05) is 0 Å². The molecule has 23 heavy (non-hydrogen) atoms. The quantitative estimate of drug-likeness (QED) is 0.490. The second-order valence-electron chi connectivity index (χ2n) is 3.59. The van der Waals surface area contributed by atoms with Crippen molar-refractivity contribution in [2.75, 3.05) is 0 Å². The van der Waals surface area contributed by atoms with Crippen LogP contribution in [-0.4, -0.2) is 36.3 Å². The summed E-state index contributed by atoms with van der Waals surface area (Å²) in [5.41, 5.74) is 0. The van der Waals surface area contributed by atoms with Crippen LogP contribution in [0.15, 0.2) is 12.8 Å². The maximum atomic E-state index is 13.2. The minimum absolute atomic E-state index is 0.622. The summed E-state index contributed by atoms with van der Waals surface area (Å²) in [4.78, 5) is 0. The van der Waals surface area contributed by atoms with Gasteiger partial charge in [-0.3, -0.25) is 4.74 Å². The highest BCUT2D eigenvalue weighted by atomic mass is 19.4. The van der Waals surface area contributed by atoms with Gasteiger partial charge in [-0.05, 0) is 0 Å². The van der Waals surface area contributed by atoms with Crippen LogP contribution in [0.1, 0.15) is 0 Å². The van der Waals surface area contributed by atoms with E-state index in [1.54, 1.807) is 4.74 Å². The van der Waals surface area contributed by atoms with Gasteiger partial charge in [0.15, 0.2) is 0 Å². The predicted molar refractivity (Wildman–Crippen MR) is 43.2 cm³/mol. The van der Waals surface area contributed by atoms with Crippen molar-refractivity contribution in [2.45, 2.75) is 36.3 Å². The molecule has 0 bridgehead atoms. The van der Waals surface area contributed by atoms with E-state index in [9.17, 15) is 57.1 Å². The van der Waals surface area contributed by atoms with Gasteiger partial charge in [0.1, 0.15) is 0 Å².